The monoisotopic (exact) mass is 315 g/mol. The number of nitrogens with zero attached hydrogens (tertiary/aromatic N) is 1. The Morgan fingerprint density at radius 3 is 2.52 bits per heavy atom. The van der Waals surface area contributed by atoms with Crippen molar-refractivity contribution in [1.29, 1.82) is 0 Å². The highest BCUT2D eigenvalue weighted by Gasteiger charge is 2.14. The van der Waals surface area contributed by atoms with E-state index in [1.54, 1.807) is 12.1 Å². The molecule has 0 saturated carbocycles. The first-order valence-corrected chi connectivity index (χ1v) is 7.13. The number of urea groups is 1. The molecule has 120 valence electrons. The number of hydrogen-bond acceptors (Lipinski definition) is 4. The second kappa shape index (κ2) is 8.38. The summed E-state index contributed by atoms with van der Waals surface area (Å²) in [5.41, 5.74) is 0.0191. The van der Waals surface area contributed by atoms with E-state index in [0.717, 1.165) is 5.75 Å². The summed E-state index contributed by atoms with van der Waals surface area (Å²) in [5.74, 6) is 0.775. The minimum absolute atomic E-state index is 0.143. The van der Waals surface area contributed by atoms with Crippen molar-refractivity contribution in [3.63, 3.8) is 0 Å². The molecule has 0 aliphatic rings. The fourth-order valence-electron chi connectivity index (χ4n) is 1.89. The molecule has 0 spiro atoms. The lowest BCUT2D eigenvalue weighted by Crippen LogP contribution is -2.30. The molecule has 0 bridgehead atoms. The van der Waals surface area contributed by atoms with E-state index in [2.05, 4.69) is 10.6 Å². The van der Waals surface area contributed by atoms with Crippen molar-refractivity contribution in [2.75, 3.05) is 18.5 Å². The maximum Gasteiger partial charge on any atom is 0.319 e. The van der Waals surface area contributed by atoms with Crippen LogP contribution in [0.25, 0.3) is 0 Å². The van der Waals surface area contributed by atoms with Gasteiger partial charge in [-0.1, -0.05) is 30.3 Å². The maximum atomic E-state index is 11.7. The molecule has 0 atom stereocenters. The Morgan fingerprint density at radius 2 is 1.78 bits per heavy atom. The Labute approximate surface area is 133 Å². The molecular formula is C16H17N3O4. The number of nitro benzene ring substituents is 1. The minimum atomic E-state index is -0.538. The Balaban J connectivity index is 1.70. The summed E-state index contributed by atoms with van der Waals surface area (Å²) in [4.78, 5) is 22.1. The third-order valence-electron chi connectivity index (χ3n) is 2.97. The number of nitrogens with one attached hydrogen (secondary N) is 2. The van der Waals surface area contributed by atoms with Gasteiger partial charge in [-0.15, -0.1) is 0 Å². The molecule has 0 heterocycles. The van der Waals surface area contributed by atoms with Crippen LogP contribution in [0.5, 0.6) is 5.75 Å². The third-order valence-corrected chi connectivity index (χ3v) is 2.97. The van der Waals surface area contributed by atoms with Crippen LogP contribution < -0.4 is 15.4 Å². The number of para-hydroxylation sites is 3. The molecule has 2 amide bonds. The molecule has 0 radical (unpaired) electrons. The quantitative estimate of drug-likeness (QED) is 0.466. The van der Waals surface area contributed by atoms with Crippen LogP contribution in [0.1, 0.15) is 6.42 Å². The molecule has 2 aromatic rings. The van der Waals surface area contributed by atoms with Crippen molar-refractivity contribution >= 4 is 17.4 Å². The van der Waals surface area contributed by atoms with Gasteiger partial charge in [-0.2, -0.15) is 0 Å². The highest BCUT2D eigenvalue weighted by atomic mass is 16.6. The minimum Gasteiger partial charge on any atom is -0.494 e. The molecule has 7 nitrogen and oxygen atoms in total. The van der Waals surface area contributed by atoms with Gasteiger partial charge in [-0.3, -0.25) is 10.1 Å². The predicted molar refractivity (Wildman–Crippen MR) is 86.7 cm³/mol. The number of amides is 2. The lowest BCUT2D eigenvalue weighted by atomic mass is 10.3. The highest BCUT2D eigenvalue weighted by Crippen LogP contribution is 2.22. The lowest BCUT2D eigenvalue weighted by molar-refractivity contribution is -0.383. The number of carbonyl (C=O) groups is 1. The van der Waals surface area contributed by atoms with Crippen molar-refractivity contribution in [2.24, 2.45) is 0 Å². The van der Waals surface area contributed by atoms with Gasteiger partial charge in [-0.05, 0) is 24.6 Å². The van der Waals surface area contributed by atoms with Crippen LogP contribution in [0.15, 0.2) is 54.6 Å². The zero-order valence-corrected chi connectivity index (χ0v) is 12.4. The van der Waals surface area contributed by atoms with E-state index >= 15 is 0 Å². The van der Waals surface area contributed by atoms with Gasteiger partial charge in [0.25, 0.3) is 5.69 Å². The van der Waals surface area contributed by atoms with Gasteiger partial charge < -0.3 is 15.4 Å². The molecule has 0 aliphatic heterocycles. The summed E-state index contributed by atoms with van der Waals surface area (Å²) in [6, 6.07) is 14.9. The number of anilines is 1. The largest absolute Gasteiger partial charge is 0.494 e. The van der Waals surface area contributed by atoms with Crippen LogP contribution in [0, 0.1) is 10.1 Å². The van der Waals surface area contributed by atoms with Gasteiger partial charge in [0.1, 0.15) is 11.4 Å². The van der Waals surface area contributed by atoms with Crippen LogP contribution in [-0.2, 0) is 0 Å². The first-order valence-electron chi connectivity index (χ1n) is 7.13. The molecule has 0 aromatic heterocycles. The molecule has 0 saturated heterocycles. The van der Waals surface area contributed by atoms with Gasteiger partial charge in [0.15, 0.2) is 0 Å². The van der Waals surface area contributed by atoms with E-state index < -0.39 is 11.0 Å². The molecule has 0 unspecified atom stereocenters. The topological polar surface area (TPSA) is 93.5 Å². The van der Waals surface area contributed by atoms with Gasteiger partial charge >= 0.3 is 6.03 Å². The van der Waals surface area contributed by atoms with Crippen molar-refractivity contribution in [3.8, 4) is 5.75 Å². The molecule has 7 heteroatoms. The molecule has 2 aromatic carbocycles. The van der Waals surface area contributed by atoms with E-state index in [1.165, 1.54) is 12.1 Å². The van der Waals surface area contributed by atoms with E-state index in [-0.39, 0.29) is 11.4 Å². The predicted octanol–water partition coefficient (Wildman–Crippen LogP) is 3.19. The van der Waals surface area contributed by atoms with Crippen molar-refractivity contribution in [1.82, 2.24) is 5.32 Å². The van der Waals surface area contributed by atoms with Crippen LogP contribution in [0.2, 0.25) is 0 Å². The third kappa shape index (κ3) is 5.31. The maximum absolute atomic E-state index is 11.7. The summed E-state index contributed by atoms with van der Waals surface area (Å²) in [6.45, 7) is 0.870. The summed E-state index contributed by atoms with van der Waals surface area (Å²) < 4.78 is 5.50. The lowest BCUT2D eigenvalue weighted by Gasteiger charge is -2.09. The second-order valence-electron chi connectivity index (χ2n) is 4.67. The van der Waals surface area contributed by atoms with Gasteiger partial charge in [0.2, 0.25) is 0 Å². The van der Waals surface area contributed by atoms with E-state index in [1.807, 2.05) is 30.3 Å². The molecule has 2 rings (SSSR count). The van der Waals surface area contributed by atoms with Crippen LogP contribution in [0.3, 0.4) is 0 Å². The molecule has 23 heavy (non-hydrogen) atoms. The van der Waals surface area contributed by atoms with Crippen molar-refractivity contribution < 1.29 is 14.5 Å². The molecular weight excluding hydrogens is 298 g/mol. The zero-order valence-electron chi connectivity index (χ0n) is 12.4. The number of ether oxygens (including phenoxy) is 1. The van der Waals surface area contributed by atoms with E-state index in [0.29, 0.717) is 19.6 Å². The number of nitro groups is 1. The number of benzene rings is 2. The van der Waals surface area contributed by atoms with Gasteiger partial charge in [0, 0.05) is 12.6 Å². The Morgan fingerprint density at radius 1 is 1.09 bits per heavy atom. The number of rotatable bonds is 7. The summed E-state index contributed by atoms with van der Waals surface area (Å²) in [5, 5.41) is 16.0. The second-order valence-corrected chi connectivity index (χ2v) is 4.67. The normalized spacial score (nSPS) is 9.91. The first-order chi connectivity index (χ1) is 11.2. The summed E-state index contributed by atoms with van der Waals surface area (Å²) in [7, 11) is 0. The van der Waals surface area contributed by atoms with Crippen LogP contribution in [-0.4, -0.2) is 24.1 Å². The first kappa shape index (κ1) is 16.3. The fourth-order valence-corrected chi connectivity index (χ4v) is 1.89. The Kier molecular flexibility index (Phi) is 5.93. The number of carbonyl (C=O) groups excluding carboxylic acids is 1. The van der Waals surface area contributed by atoms with Crippen LogP contribution >= 0.6 is 0 Å². The molecule has 0 fully saturated rings. The van der Waals surface area contributed by atoms with Crippen molar-refractivity contribution in [3.05, 3.63) is 64.7 Å². The van der Waals surface area contributed by atoms with E-state index in [9.17, 15) is 14.9 Å². The Bertz CT molecular complexity index is 661. The van der Waals surface area contributed by atoms with Gasteiger partial charge in [0.05, 0.1) is 11.5 Å². The fraction of sp³-hybridized carbons (Fsp3) is 0.188. The standard InChI is InChI=1S/C16H17N3O4/c20-16(18-14-9-4-5-10-15(14)19(21)22)17-11-6-12-23-13-7-2-1-3-8-13/h1-5,7-10H,6,11-12H2,(H2,17,18,20). The van der Waals surface area contributed by atoms with E-state index in [4.69, 9.17) is 4.74 Å². The van der Waals surface area contributed by atoms with Gasteiger partial charge in [-0.25, -0.2) is 4.79 Å². The number of hydrogen-bond donors (Lipinski definition) is 2. The summed E-state index contributed by atoms with van der Waals surface area (Å²) in [6.07, 6.45) is 0.624. The zero-order chi connectivity index (χ0) is 16.5. The Hall–Kier alpha value is -3.09. The van der Waals surface area contributed by atoms with Crippen LogP contribution in [0.4, 0.5) is 16.2 Å². The van der Waals surface area contributed by atoms with Crippen molar-refractivity contribution in [2.45, 2.75) is 6.42 Å². The average Bonchev–Trinajstić information content (AvgIpc) is 2.56. The highest BCUT2D eigenvalue weighted by molar-refractivity contribution is 5.91. The average molecular weight is 315 g/mol. The molecule has 0 aliphatic carbocycles. The molecule has 2 N–H and O–H groups in total. The smallest absolute Gasteiger partial charge is 0.319 e. The summed E-state index contributed by atoms with van der Waals surface area (Å²) >= 11 is 0. The SMILES string of the molecule is O=C(NCCCOc1ccccc1)Nc1ccccc1[N+](=O)[O-].